The molecular weight excluding hydrogens is 278 g/mol. The molecule has 0 aliphatic carbocycles. The van der Waals surface area contributed by atoms with Crippen LogP contribution in [0.2, 0.25) is 0 Å². The molecule has 1 N–H and O–H groups in total. The van der Waals surface area contributed by atoms with E-state index >= 15 is 0 Å². The van der Waals surface area contributed by atoms with Crippen LogP contribution in [0.3, 0.4) is 0 Å². The third-order valence-corrected chi connectivity index (χ3v) is 5.04. The summed E-state index contributed by atoms with van der Waals surface area (Å²) < 4.78 is 5.07. The highest BCUT2D eigenvalue weighted by atomic mass is 32.1. The second kappa shape index (κ2) is 5.44. The molecule has 1 unspecified atom stereocenters. The van der Waals surface area contributed by atoms with E-state index in [4.69, 9.17) is 4.74 Å². The molecule has 5 nitrogen and oxygen atoms in total. The third kappa shape index (κ3) is 2.40. The second-order valence-electron chi connectivity index (χ2n) is 5.44. The van der Waals surface area contributed by atoms with Gasteiger partial charge in [-0.25, -0.2) is 0 Å². The lowest BCUT2D eigenvalue weighted by molar-refractivity contribution is -0.150. The van der Waals surface area contributed by atoms with Crippen molar-refractivity contribution in [3.05, 3.63) is 16.3 Å². The normalized spacial score (nSPS) is 22.3. The minimum absolute atomic E-state index is 0.00401. The van der Waals surface area contributed by atoms with Crippen LogP contribution in [0.25, 0.3) is 0 Å². The zero-order valence-electron chi connectivity index (χ0n) is 11.9. The lowest BCUT2D eigenvalue weighted by atomic mass is 9.76. The number of nitrogens with zero attached hydrogens (tertiary/aromatic N) is 1. The first-order valence-corrected chi connectivity index (χ1v) is 7.44. The number of ether oxygens (including phenoxy) is 1. The van der Waals surface area contributed by atoms with E-state index < -0.39 is 11.4 Å². The van der Waals surface area contributed by atoms with Crippen molar-refractivity contribution in [3.8, 4) is 5.75 Å². The summed E-state index contributed by atoms with van der Waals surface area (Å²) >= 11 is 1.32. The molecule has 2 rings (SSSR count). The van der Waals surface area contributed by atoms with Gasteiger partial charge in [-0.3, -0.25) is 9.59 Å². The number of hydrogen-bond acceptors (Lipinski definition) is 4. The highest BCUT2D eigenvalue weighted by Gasteiger charge is 2.48. The number of aliphatic carboxylic acids is 1. The van der Waals surface area contributed by atoms with Crippen LogP contribution in [0, 0.1) is 11.3 Å². The Morgan fingerprint density at radius 1 is 1.50 bits per heavy atom. The zero-order valence-corrected chi connectivity index (χ0v) is 12.7. The Labute approximate surface area is 122 Å². The van der Waals surface area contributed by atoms with Gasteiger partial charge < -0.3 is 14.7 Å². The molecule has 6 heteroatoms. The Hall–Kier alpha value is -1.56. The number of carboxylic acids is 1. The van der Waals surface area contributed by atoms with Gasteiger partial charge >= 0.3 is 5.97 Å². The molecular formula is C14H19NO4S. The van der Waals surface area contributed by atoms with Gasteiger partial charge in [0.15, 0.2) is 0 Å². The average Bonchev–Trinajstić information content (AvgIpc) is 3.05. The lowest BCUT2D eigenvalue weighted by Gasteiger charge is -2.28. The van der Waals surface area contributed by atoms with Crippen molar-refractivity contribution >= 4 is 23.2 Å². The third-order valence-electron chi connectivity index (χ3n) is 4.14. The molecule has 1 aromatic heterocycles. The Morgan fingerprint density at radius 2 is 2.20 bits per heavy atom. The maximum Gasteiger partial charge on any atom is 0.311 e. The van der Waals surface area contributed by atoms with Gasteiger partial charge in [0.1, 0.15) is 5.75 Å². The van der Waals surface area contributed by atoms with E-state index in [0.29, 0.717) is 23.6 Å². The fourth-order valence-corrected chi connectivity index (χ4v) is 3.41. The molecule has 20 heavy (non-hydrogen) atoms. The standard InChI is InChI=1S/C14H19NO4S/c1-9(2)14(13(17)18)4-5-15(8-14)12(16)11-6-10(19-3)7-20-11/h6-7,9H,4-5,8H2,1-3H3,(H,17,18). The topological polar surface area (TPSA) is 66.8 Å². The molecule has 0 saturated carbocycles. The number of carbonyl (C=O) groups is 2. The summed E-state index contributed by atoms with van der Waals surface area (Å²) in [5.41, 5.74) is -0.822. The molecule has 1 saturated heterocycles. The van der Waals surface area contributed by atoms with Gasteiger partial charge in [0, 0.05) is 24.5 Å². The molecule has 110 valence electrons. The highest BCUT2D eigenvalue weighted by Crippen LogP contribution is 2.39. The Bertz CT molecular complexity index is 525. The Morgan fingerprint density at radius 3 is 2.65 bits per heavy atom. The summed E-state index contributed by atoms with van der Waals surface area (Å²) in [6, 6.07) is 1.70. The van der Waals surface area contributed by atoms with E-state index in [1.54, 1.807) is 23.5 Å². The minimum atomic E-state index is -0.822. The highest BCUT2D eigenvalue weighted by molar-refractivity contribution is 7.12. The molecule has 1 aliphatic rings. The first kappa shape index (κ1) is 14.8. The summed E-state index contributed by atoms with van der Waals surface area (Å²) in [4.78, 5) is 26.2. The van der Waals surface area contributed by atoms with E-state index in [1.165, 1.54) is 11.3 Å². The van der Waals surface area contributed by atoms with E-state index in [2.05, 4.69) is 0 Å². The van der Waals surface area contributed by atoms with E-state index in [0.717, 1.165) is 0 Å². The van der Waals surface area contributed by atoms with Crippen LogP contribution in [0.1, 0.15) is 29.9 Å². The first-order valence-electron chi connectivity index (χ1n) is 6.56. The summed E-state index contributed by atoms with van der Waals surface area (Å²) in [6.07, 6.45) is 0.508. The van der Waals surface area contributed by atoms with Crippen molar-refractivity contribution in [1.29, 1.82) is 0 Å². The number of rotatable bonds is 4. The van der Waals surface area contributed by atoms with Crippen LogP contribution < -0.4 is 4.74 Å². The second-order valence-corrected chi connectivity index (χ2v) is 6.35. The largest absolute Gasteiger partial charge is 0.496 e. The van der Waals surface area contributed by atoms with Crippen molar-refractivity contribution in [3.63, 3.8) is 0 Å². The maximum absolute atomic E-state index is 12.4. The van der Waals surface area contributed by atoms with Crippen LogP contribution in [-0.2, 0) is 4.79 Å². The first-order chi connectivity index (χ1) is 9.40. The molecule has 1 atom stereocenters. The Kier molecular flexibility index (Phi) is 4.04. The van der Waals surface area contributed by atoms with Crippen LogP contribution in [0.15, 0.2) is 11.4 Å². The summed E-state index contributed by atoms with van der Waals surface area (Å²) in [5, 5.41) is 11.3. The molecule has 0 aromatic carbocycles. The SMILES string of the molecule is COc1csc(C(=O)N2CCC(C(=O)O)(C(C)C)C2)c1. The number of amides is 1. The van der Waals surface area contributed by atoms with Crippen LogP contribution in [0.4, 0.5) is 0 Å². The lowest BCUT2D eigenvalue weighted by Crippen LogP contribution is -2.40. The van der Waals surface area contributed by atoms with Crippen LogP contribution in [-0.4, -0.2) is 42.1 Å². The van der Waals surface area contributed by atoms with Gasteiger partial charge in [-0.15, -0.1) is 11.3 Å². The van der Waals surface area contributed by atoms with Crippen molar-refractivity contribution in [2.45, 2.75) is 20.3 Å². The molecule has 0 bridgehead atoms. The van der Waals surface area contributed by atoms with Gasteiger partial charge in [-0.05, 0) is 12.3 Å². The predicted octanol–water partition coefficient (Wildman–Crippen LogP) is 2.33. The molecule has 0 radical (unpaired) electrons. The summed E-state index contributed by atoms with van der Waals surface area (Å²) in [6.45, 7) is 4.56. The van der Waals surface area contributed by atoms with Crippen LogP contribution in [0.5, 0.6) is 5.75 Å². The smallest absolute Gasteiger partial charge is 0.311 e. The van der Waals surface area contributed by atoms with Gasteiger partial charge in [0.05, 0.1) is 17.4 Å². The van der Waals surface area contributed by atoms with Crippen molar-refractivity contribution < 1.29 is 19.4 Å². The molecule has 0 spiro atoms. The summed E-state index contributed by atoms with van der Waals surface area (Å²) in [5.74, 6) is -0.268. The van der Waals surface area contributed by atoms with E-state index in [1.807, 2.05) is 13.8 Å². The number of likely N-dealkylation sites (tertiary alicyclic amines) is 1. The Balaban J connectivity index is 2.16. The molecule has 1 aromatic rings. The van der Waals surface area contributed by atoms with Gasteiger partial charge in [-0.1, -0.05) is 13.8 Å². The number of thiophene rings is 1. The number of carbonyl (C=O) groups excluding carboxylic acids is 1. The number of methoxy groups -OCH3 is 1. The fraction of sp³-hybridized carbons (Fsp3) is 0.571. The van der Waals surface area contributed by atoms with Crippen molar-refractivity contribution in [2.24, 2.45) is 11.3 Å². The molecule has 1 fully saturated rings. The quantitative estimate of drug-likeness (QED) is 0.926. The average molecular weight is 297 g/mol. The number of carboxylic acid groups (broad SMARTS) is 1. The van der Waals surface area contributed by atoms with Crippen LogP contribution >= 0.6 is 11.3 Å². The van der Waals surface area contributed by atoms with Gasteiger partial charge in [0.2, 0.25) is 0 Å². The van der Waals surface area contributed by atoms with Crippen molar-refractivity contribution in [1.82, 2.24) is 4.90 Å². The monoisotopic (exact) mass is 297 g/mol. The molecule has 2 heterocycles. The number of hydrogen-bond donors (Lipinski definition) is 1. The predicted molar refractivity (Wildman–Crippen MR) is 76.3 cm³/mol. The van der Waals surface area contributed by atoms with E-state index in [9.17, 15) is 14.7 Å². The van der Waals surface area contributed by atoms with Crippen molar-refractivity contribution in [2.75, 3.05) is 20.2 Å². The zero-order chi connectivity index (χ0) is 14.9. The molecule has 1 amide bonds. The fourth-order valence-electron chi connectivity index (χ4n) is 2.59. The van der Waals surface area contributed by atoms with Gasteiger partial charge in [0.25, 0.3) is 5.91 Å². The maximum atomic E-state index is 12.4. The summed E-state index contributed by atoms with van der Waals surface area (Å²) in [7, 11) is 1.56. The van der Waals surface area contributed by atoms with Gasteiger partial charge in [-0.2, -0.15) is 0 Å². The molecule has 1 aliphatic heterocycles. The van der Waals surface area contributed by atoms with E-state index in [-0.39, 0.29) is 18.4 Å². The minimum Gasteiger partial charge on any atom is -0.496 e.